The molecule has 8 heteroatoms. The summed E-state index contributed by atoms with van der Waals surface area (Å²) in [6, 6.07) is 20.4. The molecule has 2 amide bonds. The van der Waals surface area contributed by atoms with Crippen LogP contribution >= 0.6 is 0 Å². The number of methoxy groups -OCH3 is 1. The summed E-state index contributed by atoms with van der Waals surface area (Å²) in [4.78, 5) is 29.8. The Balaban J connectivity index is 1.45. The summed E-state index contributed by atoms with van der Waals surface area (Å²) in [6.45, 7) is 1.88. The average molecular weight is 478 g/mol. The zero-order chi connectivity index (χ0) is 24.8. The van der Waals surface area contributed by atoms with E-state index in [1.165, 1.54) is 31.4 Å². The lowest BCUT2D eigenvalue weighted by Gasteiger charge is -2.40. The van der Waals surface area contributed by atoms with Gasteiger partial charge in [0.2, 0.25) is 0 Å². The van der Waals surface area contributed by atoms with Gasteiger partial charge >= 0.3 is 0 Å². The van der Waals surface area contributed by atoms with Gasteiger partial charge in [0, 0.05) is 30.9 Å². The van der Waals surface area contributed by atoms with Gasteiger partial charge < -0.3 is 24.6 Å². The van der Waals surface area contributed by atoms with Crippen LogP contribution in [0.25, 0.3) is 0 Å². The van der Waals surface area contributed by atoms with Crippen molar-refractivity contribution in [1.82, 2.24) is 9.80 Å². The van der Waals surface area contributed by atoms with Gasteiger partial charge in [0.1, 0.15) is 5.82 Å². The molecule has 3 aromatic rings. The van der Waals surface area contributed by atoms with Crippen molar-refractivity contribution in [3.05, 3.63) is 89.7 Å². The van der Waals surface area contributed by atoms with E-state index in [0.717, 1.165) is 18.7 Å². The van der Waals surface area contributed by atoms with Gasteiger partial charge in [-0.25, -0.2) is 4.39 Å². The molecule has 0 spiro atoms. The summed E-state index contributed by atoms with van der Waals surface area (Å²) in [7, 11) is 3.54. The Labute approximate surface area is 204 Å². The Hall–Kier alpha value is -3.91. The van der Waals surface area contributed by atoms with E-state index in [2.05, 4.69) is 17.3 Å². The Morgan fingerprint density at radius 3 is 2.46 bits per heavy atom. The third-order valence-electron chi connectivity index (χ3n) is 5.93. The minimum atomic E-state index is -0.401. The quantitative estimate of drug-likeness (QED) is 0.558. The van der Waals surface area contributed by atoms with Gasteiger partial charge in [0.25, 0.3) is 11.8 Å². The highest BCUT2D eigenvalue weighted by molar-refractivity contribution is 5.95. The second-order valence-corrected chi connectivity index (χ2v) is 8.40. The molecule has 4 rings (SSSR count). The van der Waals surface area contributed by atoms with E-state index < -0.39 is 5.91 Å². The second-order valence-electron chi connectivity index (χ2n) is 8.40. The summed E-state index contributed by atoms with van der Waals surface area (Å²) in [5, 5.41) is 2.64. The Morgan fingerprint density at radius 2 is 1.74 bits per heavy atom. The molecule has 1 heterocycles. The van der Waals surface area contributed by atoms with Crippen LogP contribution in [0.2, 0.25) is 0 Å². The average Bonchev–Trinajstić information content (AvgIpc) is 2.88. The Kier molecular flexibility index (Phi) is 7.62. The molecule has 1 aliphatic heterocycles. The molecule has 0 radical (unpaired) electrons. The first-order valence-corrected chi connectivity index (χ1v) is 11.4. The molecule has 1 N–H and O–H groups in total. The third kappa shape index (κ3) is 5.96. The number of nitrogens with zero attached hydrogens (tertiary/aromatic N) is 2. The molecule has 0 saturated carbocycles. The van der Waals surface area contributed by atoms with Gasteiger partial charge in [-0.2, -0.15) is 0 Å². The van der Waals surface area contributed by atoms with Crippen molar-refractivity contribution in [1.29, 1.82) is 0 Å². The lowest BCUT2D eigenvalue weighted by atomic mass is 10.0. The second kappa shape index (κ2) is 11.0. The molecule has 0 unspecified atom stereocenters. The maximum atomic E-state index is 13.5. The number of carbonyl (C=O) groups is 2. The fourth-order valence-electron chi connectivity index (χ4n) is 4.08. The van der Waals surface area contributed by atoms with E-state index in [1.807, 2.05) is 35.2 Å². The number of hydrogen-bond donors (Lipinski definition) is 1. The van der Waals surface area contributed by atoms with Crippen molar-refractivity contribution < 1.29 is 23.5 Å². The molecular weight excluding hydrogens is 449 g/mol. The highest BCUT2D eigenvalue weighted by Gasteiger charge is 2.31. The van der Waals surface area contributed by atoms with Crippen molar-refractivity contribution in [2.45, 2.75) is 6.04 Å². The molecule has 1 fully saturated rings. The van der Waals surface area contributed by atoms with Crippen LogP contribution in [-0.2, 0) is 4.79 Å². The number of nitrogens with one attached hydrogen (secondary N) is 1. The molecule has 7 nitrogen and oxygen atoms in total. The minimum Gasteiger partial charge on any atom is -0.493 e. The fourth-order valence-corrected chi connectivity index (χ4v) is 4.08. The molecule has 182 valence electrons. The van der Waals surface area contributed by atoms with E-state index in [9.17, 15) is 14.0 Å². The Morgan fingerprint density at radius 1 is 1.00 bits per heavy atom. The van der Waals surface area contributed by atoms with E-state index in [0.29, 0.717) is 29.3 Å². The summed E-state index contributed by atoms with van der Waals surface area (Å²) in [5.74, 6) is -0.176. The number of amides is 2. The van der Waals surface area contributed by atoms with Gasteiger partial charge in [0.15, 0.2) is 18.1 Å². The SMILES string of the molecule is COc1cc(C(=O)N2CCN(C)C[C@H]2c2ccccc2)ccc1OCC(=O)Nc1ccc(F)cc1. The highest BCUT2D eigenvalue weighted by Crippen LogP contribution is 2.31. The molecule has 35 heavy (non-hydrogen) atoms. The van der Waals surface area contributed by atoms with Crippen molar-refractivity contribution in [3.8, 4) is 11.5 Å². The maximum absolute atomic E-state index is 13.5. The van der Waals surface area contributed by atoms with Gasteiger partial charge in [-0.05, 0) is 55.1 Å². The first-order chi connectivity index (χ1) is 16.9. The number of hydrogen-bond acceptors (Lipinski definition) is 5. The standard InChI is InChI=1S/C27H28FN3O4/c1-30-14-15-31(23(17-30)19-6-4-3-5-7-19)27(33)20-8-13-24(25(16-20)34-2)35-18-26(32)29-22-11-9-21(28)10-12-22/h3-13,16,23H,14-15,17-18H2,1-2H3,(H,29,32)/t23-/m0/s1. The number of benzene rings is 3. The van der Waals surface area contributed by atoms with E-state index in [1.54, 1.807) is 18.2 Å². The topological polar surface area (TPSA) is 71.1 Å². The van der Waals surface area contributed by atoms with Gasteiger partial charge in [-0.3, -0.25) is 9.59 Å². The van der Waals surface area contributed by atoms with Crippen molar-refractivity contribution in [2.75, 3.05) is 45.7 Å². The molecule has 0 aliphatic carbocycles. The van der Waals surface area contributed by atoms with Crippen LogP contribution in [-0.4, -0.2) is 62.0 Å². The zero-order valence-electron chi connectivity index (χ0n) is 19.7. The van der Waals surface area contributed by atoms with Crippen LogP contribution < -0.4 is 14.8 Å². The summed E-state index contributed by atoms with van der Waals surface area (Å²) < 4.78 is 24.1. The summed E-state index contributed by atoms with van der Waals surface area (Å²) in [6.07, 6.45) is 0. The molecule has 0 bridgehead atoms. The monoisotopic (exact) mass is 477 g/mol. The number of halogens is 1. The number of ether oxygens (including phenoxy) is 2. The molecular formula is C27H28FN3O4. The van der Waals surface area contributed by atoms with Crippen molar-refractivity contribution in [3.63, 3.8) is 0 Å². The van der Waals surface area contributed by atoms with Crippen LogP contribution in [0.4, 0.5) is 10.1 Å². The van der Waals surface area contributed by atoms with E-state index >= 15 is 0 Å². The predicted octanol–water partition coefficient (Wildman–Crippen LogP) is 3.98. The molecule has 0 aromatic heterocycles. The third-order valence-corrected chi connectivity index (χ3v) is 5.93. The summed E-state index contributed by atoms with van der Waals surface area (Å²) in [5.41, 5.74) is 2.04. The zero-order valence-corrected chi connectivity index (χ0v) is 19.7. The van der Waals surface area contributed by atoms with E-state index in [4.69, 9.17) is 9.47 Å². The Bertz CT molecular complexity index is 1170. The molecule has 1 aliphatic rings. The van der Waals surface area contributed by atoms with Crippen LogP contribution in [0.3, 0.4) is 0 Å². The number of piperazine rings is 1. The van der Waals surface area contributed by atoms with Crippen LogP contribution in [0, 0.1) is 5.82 Å². The smallest absolute Gasteiger partial charge is 0.262 e. The lowest BCUT2D eigenvalue weighted by Crippen LogP contribution is -2.49. The first kappa shape index (κ1) is 24.2. The molecule has 3 aromatic carbocycles. The van der Waals surface area contributed by atoms with Gasteiger partial charge in [0.05, 0.1) is 13.2 Å². The largest absolute Gasteiger partial charge is 0.493 e. The minimum absolute atomic E-state index is 0.0560. The maximum Gasteiger partial charge on any atom is 0.262 e. The van der Waals surface area contributed by atoms with Crippen LogP contribution in [0.5, 0.6) is 11.5 Å². The molecule has 1 saturated heterocycles. The van der Waals surface area contributed by atoms with Gasteiger partial charge in [-0.15, -0.1) is 0 Å². The first-order valence-electron chi connectivity index (χ1n) is 11.4. The summed E-state index contributed by atoms with van der Waals surface area (Å²) >= 11 is 0. The fraction of sp³-hybridized carbons (Fsp3) is 0.259. The number of likely N-dealkylation sites (N-methyl/N-ethyl adjacent to an activating group) is 1. The highest BCUT2D eigenvalue weighted by atomic mass is 19.1. The number of rotatable bonds is 7. The lowest BCUT2D eigenvalue weighted by molar-refractivity contribution is -0.118. The van der Waals surface area contributed by atoms with Crippen molar-refractivity contribution in [2.24, 2.45) is 0 Å². The number of anilines is 1. The van der Waals surface area contributed by atoms with E-state index in [-0.39, 0.29) is 24.4 Å². The van der Waals surface area contributed by atoms with Gasteiger partial charge in [-0.1, -0.05) is 30.3 Å². The van der Waals surface area contributed by atoms with Crippen molar-refractivity contribution >= 4 is 17.5 Å². The molecule has 1 atom stereocenters. The predicted molar refractivity (Wildman–Crippen MR) is 131 cm³/mol. The van der Waals surface area contributed by atoms with Crippen LogP contribution in [0.15, 0.2) is 72.8 Å². The number of carbonyl (C=O) groups excluding carboxylic acids is 2. The van der Waals surface area contributed by atoms with Crippen LogP contribution in [0.1, 0.15) is 22.0 Å². The normalized spacial score (nSPS) is 16.0.